The molecule has 0 spiro atoms. The lowest BCUT2D eigenvalue weighted by molar-refractivity contribution is -0.117. The van der Waals surface area contributed by atoms with Crippen LogP contribution in [0.3, 0.4) is 0 Å². The minimum absolute atomic E-state index is 0.206. The standard InChI is InChI=1S/C10H18O2/c1-10(2,8-11)7-9-5-3-4-6-12-9/h8-9H,3-7H2,1-2H3/t9-/m1/s1. The monoisotopic (exact) mass is 170 g/mol. The van der Waals surface area contributed by atoms with Crippen LogP contribution in [0.2, 0.25) is 0 Å². The lowest BCUT2D eigenvalue weighted by Crippen LogP contribution is -2.27. The second-order valence-corrected chi connectivity index (χ2v) is 4.30. The Morgan fingerprint density at radius 3 is 2.75 bits per heavy atom. The quantitative estimate of drug-likeness (QED) is 0.607. The Balaban J connectivity index is 2.33. The van der Waals surface area contributed by atoms with Gasteiger partial charge in [0.1, 0.15) is 6.29 Å². The Hall–Kier alpha value is -0.370. The molecule has 0 radical (unpaired) electrons. The molecule has 0 amide bonds. The highest BCUT2D eigenvalue weighted by Crippen LogP contribution is 2.25. The summed E-state index contributed by atoms with van der Waals surface area (Å²) < 4.78 is 5.56. The van der Waals surface area contributed by atoms with Crippen LogP contribution >= 0.6 is 0 Å². The SMILES string of the molecule is CC(C)(C=O)C[C@H]1CCCCO1. The molecular weight excluding hydrogens is 152 g/mol. The van der Waals surface area contributed by atoms with E-state index in [9.17, 15) is 4.79 Å². The van der Waals surface area contributed by atoms with E-state index >= 15 is 0 Å². The number of ether oxygens (including phenoxy) is 1. The first-order valence-corrected chi connectivity index (χ1v) is 4.72. The first-order chi connectivity index (χ1) is 5.64. The molecule has 12 heavy (non-hydrogen) atoms. The number of carbonyl (C=O) groups is 1. The maximum Gasteiger partial charge on any atom is 0.125 e. The van der Waals surface area contributed by atoms with E-state index in [-0.39, 0.29) is 5.41 Å². The molecule has 1 atom stereocenters. The van der Waals surface area contributed by atoms with Crippen molar-refractivity contribution in [3.63, 3.8) is 0 Å². The fourth-order valence-corrected chi connectivity index (χ4v) is 1.60. The molecule has 1 rings (SSSR count). The van der Waals surface area contributed by atoms with Crippen LogP contribution in [0, 0.1) is 5.41 Å². The van der Waals surface area contributed by atoms with E-state index in [1.165, 1.54) is 12.8 Å². The van der Waals surface area contributed by atoms with Gasteiger partial charge in [0, 0.05) is 12.0 Å². The Morgan fingerprint density at radius 2 is 2.25 bits per heavy atom. The average molecular weight is 170 g/mol. The van der Waals surface area contributed by atoms with Gasteiger partial charge in [-0.05, 0) is 25.7 Å². The van der Waals surface area contributed by atoms with E-state index in [2.05, 4.69) is 0 Å². The van der Waals surface area contributed by atoms with Crippen LogP contribution in [-0.2, 0) is 9.53 Å². The van der Waals surface area contributed by atoms with Gasteiger partial charge in [-0.1, -0.05) is 13.8 Å². The van der Waals surface area contributed by atoms with E-state index in [4.69, 9.17) is 4.74 Å². The van der Waals surface area contributed by atoms with Crippen molar-refractivity contribution in [1.29, 1.82) is 0 Å². The molecule has 0 aliphatic carbocycles. The Morgan fingerprint density at radius 1 is 1.50 bits per heavy atom. The Labute approximate surface area is 74.3 Å². The highest BCUT2D eigenvalue weighted by molar-refractivity contribution is 5.57. The van der Waals surface area contributed by atoms with Crippen LogP contribution in [0.5, 0.6) is 0 Å². The normalized spacial score (nSPS) is 25.3. The second kappa shape index (κ2) is 4.04. The molecule has 1 fully saturated rings. The predicted octanol–water partition coefficient (Wildman–Crippen LogP) is 2.17. The van der Waals surface area contributed by atoms with Crippen molar-refractivity contribution < 1.29 is 9.53 Å². The zero-order chi connectivity index (χ0) is 9.03. The third-order valence-corrected chi connectivity index (χ3v) is 2.35. The molecule has 0 aromatic heterocycles. The van der Waals surface area contributed by atoms with Gasteiger partial charge < -0.3 is 9.53 Å². The van der Waals surface area contributed by atoms with Gasteiger partial charge in [0.15, 0.2) is 0 Å². The Bertz CT molecular complexity index is 146. The minimum Gasteiger partial charge on any atom is -0.378 e. The number of carbonyl (C=O) groups excluding carboxylic acids is 1. The molecule has 0 bridgehead atoms. The molecule has 70 valence electrons. The van der Waals surface area contributed by atoms with Crippen molar-refractivity contribution in [3.8, 4) is 0 Å². The number of hydrogen-bond acceptors (Lipinski definition) is 2. The summed E-state index contributed by atoms with van der Waals surface area (Å²) in [5.41, 5.74) is -0.206. The largest absolute Gasteiger partial charge is 0.378 e. The van der Waals surface area contributed by atoms with Crippen molar-refractivity contribution in [2.75, 3.05) is 6.61 Å². The summed E-state index contributed by atoms with van der Waals surface area (Å²) in [7, 11) is 0. The van der Waals surface area contributed by atoms with E-state index in [1.54, 1.807) is 0 Å². The summed E-state index contributed by atoms with van der Waals surface area (Å²) in [4.78, 5) is 10.6. The zero-order valence-corrected chi connectivity index (χ0v) is 8.01. The first-order valence-electron chi connectivity index (χ1n) is 4.72. The second-order valence-electron chi connectivity index (χ2n) is 4.30. The van der Waals surface area contributed by atoms with Crippen molar-refractivity contribution in [2.24, 2.45) is 5.41 Å². The molecule has 0 N–H and O–H groups in total. The van der Waals surface area contributed by atoms with Gasteiger partial charge >= 0.3 is 0 Å². The lowest BCUT2D eigenvalue weighted by Gasteiger charge is -2.28. The maximum absolute atomic E-state index is 10.6. The molecule has 0 aromatic rings. The minimum atomic E-state index is -0.206. The molecule has 0 aromatic carbocycles. The third-order valence-electron chi connectivity index (χ3n) is 2.35. The van der Waals surface area contributed by atoms with Crippen LogP contribution in [0.15, 0.2) is 0 Å². The molecule has 1 saturated heterocycles. The van der Waals surface area contributed by atoms with Crippen molar-refractivity contribution in [2.45, 2.75) is 45.6 Å². The van der Waals surface area contributed by atoms with E-state index < -0.39 is 0 Å². The molecule has 2 nitrogen and oxygen atoms in total. The number of hydrogen-bond donors (Lipinski definition) is 0. The first kappa shape index (κ1) is 9.72. The number of aldehydes is 1. The average Bonchev–Trinajstić information content (AvgIpc) is 2.06. The molecule has 2 heteroatoms. The summed E-state index contributed by atoms with van der Waals surface area (Å²) in [5, 5.41) is 0. The van der Waals surface area contributed by atoms with Gasteiger partial charge in [0.2, 0.25) is 0 Å². The van der Waals surface area contributed by atoms with Crippen LogP contribution in [0.25, 0.3) is 0 Å². The predicted molar refractivity (Wildman–Crippen MR) is 48.1 cm³/mol. The van der Waals surface area contributed by atoms with Gasteiger partial charge in [-0.2, -0.15) is 0 Å². The highest BCUT2D eigenvalue weighted by Gasteiger charge is 2.24. The molecule has 1 aliphatic rings. The molecule has 0 saturated carbocycles. The maximum atomic E-state index is 10.6. The van der Waals surface area contributed by atoms with Crippen LogP contribution in [-0.4, -0.2) is 19.0 Å². The molecule has 0 unspecified atom stereocenters. The number of rotatable bonds is 3. The van der Waals surface area contributed by atoms with Crippen molar-refractivity contribution in [3.05, 3.63) is 0 Å². The van der Waals surface area contributed by atoms with Crippen LogP contribution < -0.4 is 0 Å². The summed E-state index contributed by atoms with van der Waals surface area (Å²) in [6, 6.07) is 0. The Kier molecular flexibility index (Phi) is 3.27. The summed E-state index contributed by atoms with van der Waals surface area (Å²) >= 11 is 0. The van der Waals surface area contributed by atoms with Gasteiger partial charge in [-0.15, -0.1) is 0 Å². The van der Waals surface area contributed by atoms with E-state index in [0.717, 1.165) is 25.7 Å². The van der Waals surface area contributed by atoms with Gasteiger partial charge in [-0.3, -0.25) is 0 Å². The van der Waals surface area contributed by atoms with Gasteiger partial charge in [0.05, 0.1) is 6.10 Å². The molecule has 1 aliphatic heterocycles. The highest BCUT2D eigenvalue weighted by atomic mass is 16.5. The van der Waals surface area contributed by atoms with Crippen LogP contribution in [0.4, 0.5) is 0 Å². The fraction of sp³-hybridized carbons (Fsp3) is 0.900. The summed E-state index contributed by atoms with van der Waals surface area (Å²) in [5.74, 6) is 0. The van der Waals surface area contributed by atoms with E-state index in [0.29, 0.717) is 6.10 Å². The van der Waals surface area contributed by atoms with Crippen molar-refractivity contribution >= 4 is 6.29 Å². The summed E-state index contributed by atoms with van der Waals surface area (Å²) in [6.07, 6.45) is 5.77. The van der Waals surface area contributed by atoms with Crippen LogP contribution in [0.1, 0.15) is 39.5 Å². The fourth-order valence-electron chi connectivity index (χ4n) is 1.60. The zero-order valence-electron chi connectivity index (χ0n) is 8.01. The lowest BCUT2D eigenvalue weighted by atomic mass is 9.86. The third kappa shape index (κ3) is 2.94. The molecule has 1 heterocycles. The summed E-state index contributed by atoms with van der Waals surface area (Å²) in [6.45, 7) is 4.82. The van der Waals surface area contributed by atoms with E-state index in [1.807, 2.05) is 13.8 Å². The van der Waals surface area contributed by atoms with Gasteiger partial charge in [-0.25, -0.2) is 0 Å². The topological polar surface area (TPSA) is 26.3 Å². The molecular formula is C10H18O2. The van der Waals surface area contributed by atoms with Crippen molar-refractivity contribution in [1.82, 2.24) is 0 Å². The van der Waals surface area contributed by atoms with Gasteiger partial charge in [0.25, 0.3) is 0 Å². The smallest absolute Gasteiger partial charge is 0.125 e.